The molecule has 0 fully saturated rings. The zero-order chi connectivity index (χ0) is 17.4. The highest BCUT2D eigenvalue weighted by Crippen LogP contribution is 2.25. The van der Waals surface area contributed by atoms with Gasteiger partial charge in [-0.3, -0.25) is 4.79 Å². The molecule has 2 aromatic rings. The van der Waals surface area contributed by atoms with Gasteiger partial charge in [-0.25, -0.2) is 8.78 Å². The molecular formula is C18H21F2NO2. The van der Waals surface area contributed by atoms with E-state index in [0.29, 0.717) is 5.56 Å². The van der Waals surface area contributed by atoms with Crippen LogP contribution in [0.25, 0.3) is 0 Å². The number of ether oxygens (including phenoxy) is 1. The predicted molar refractivity (Wildman–Crippen MR) is 85.1 cm³/mol. The van der Waals surface area contributed by atoms with E-state index in [0.717, 1.165) is 23.5 Å². The summed E-state index contributed by atoms with van der Waals surface area (Å²) in [5, 5.41) is 0. The monoisotopic (exact) mass is 321 g/mol. The van der Waals surface area contributed by atoms with Crippen molar-refractivity contribution in [3.63, 3.8) is 0 Å². The van der Waals surface area contributed by atoms with Crippen molar-refractivity contribution < 1.29 is 18.3 Å². The molecule has 0 N–H and O–H groups in total. The molecule has 124 valence electrons. The van der Waals surface area contributed by atoms with Crippen LogP contribution in [0.5, 0.6) is 5.75 Å². The molecule has 2 rings (SSSR count). The molecule has 0 aliphatic carbocycles. The average molecular weight is 321 g/mol. The van der Waals surface area contributed by atoms with Gasteiger partial charge in [-0.05, 0) is 52.8 Å². The van der Waals surface area contributed by atoms with Crippen molar-refractivity contribution in [3.05, 3.63) is 52.9 Å². The van der Waals surface area contributed by atoms with E-state index in [-0.39, 0.29) is 23.7 Å². The van der Waals surface area contributed by atoms with Gasteiger partial charge in [0.05, 0.1) is 0 Å². The number of hydrogen-bond acceptors (Lipinski definition) is 2. The second kappa shape index (κ2) is 6.14. The first-order chi connectivity index (χ1) is 10.6. The molecular weight excluding hydrogens is 300 g/mol. The predicted octanol–water partition coefficient (Wildman–Crippen LogP) is 4.40. The summed E-state index contributed by atoms with van der Waals surface area (Å²) in [6.45, 7) is 9.82. The lowest BCUT2D eigenvalue weighted by atomic mass is 10.1. The second-order valence-corrected chi connectivity index (χ2v) is 6.58. The van der Waals surface area contributed by atoms with Gasteiger partial charge in [-0.2, -0.15) is 0 Å². The lowest BCUT2D eigenvalue weighted by molar-refractivity contribution is 0.0920. The first-order valence-electron chi connectivity index (χ1n) is 7.41. The van der Waals surface area contributed by atoms with Gasteiger partial charge in [-0.1, -0.05) is 0 Å². The molecule has 0 aliphatic rings. The van der Waals surface area contributed by atoms with Gasteiger partial charge in [0.2, 0.25) is 5.78 Å². The highest BCUT2D eigenvalue weighted by atomic mass is 19.2. The largest absolute Gasteiger partial charge is 0.485 e. The topological polar surface area (TPSA) is 31.2 Å². The van der Waals surface area contributed by atoms with Crippen molar-refractivity contribution in [1.82, 2.24) is 4.57 Å². The van der Waals surface area contributed by atoms with Crippen LogP contribution in [0, 0.1) is 25.5 Å². The van der Waals surface area contributed by atoms with Gasteiger partial charge < -0.3 is 9.30 Å². The molecule has 0 radical (unpaired) electrons. The van der Waals surface area contributed by atoms with E-state index in [2.05, 4.69) is 25.3 Å². The van der Waals surface area contributed by atoms with Crippen LogP contribution in [0.4, 0.5) is 8.78 Å². The normalized spacial score (nSPS) is 11.6. The minimum Gasteiger partial charge on any atom is -0.485 e. The molecule has 0 aliphatic heterocycles. The van der Waals surface area contributed by atoms with Crippen molar-refractivity contribution in [2.75, 3.05) is 6.61 Å². The fraction of sp³-hybridized carbons (Fsp3) is 0.389. The summed E-state index contributed by atoms with van der Waals surface area (Å²) in [6.07, 6.45) is 0. The van der Waals surface area contributed by atoms with E-state index in [1.807, 2.05) is 19.9 Å². The van der Waals surface area contributed by atoms with E-state index in [9.17, 15) is 13.6 Å². The standard InChI is InChI=1S/C18H21F2NO2/c1-11-8-14(12(2)21(11)18(3,4)5)17(22)10-23-13-6-7-15(19)16(20)9-13/h6-9H,10H2,1-5H3. The Morgan fingerprint density at radius 3 is 2.30 bits per heavy atom. The summed E-state index contributed by atoms with van der Waals surface area (Å²) in [7, 11) is 0. The summed E-state index contributed by atoms with van der Waals surface area (Å²) in [6, 6.07) is 5.03. The minimum atomic E-state index is -0.999. The first kappa shape index (κ1) is 17.2. The molecule has 23 heavy (non-hydrogen) atoms. The third-order valence-corrected chi connectivity index (χ3v) is 3.66. The molecule has 0 saturated heterocycles. The number of aryl methyl sites for hydroxylation is 1. The lowest BCUT2D eigenvalue weighted by Crippen LogP contribution is -2.24. The van der Waals surface area contributed by atoms with E-state index in [4.69, 9.17) is 4.74 Å². The number of ketones is 1. The van der Waals surface area contributed by atoms with E-state index in [1.54, 1.807) is 0 Å². The number of benzene rings is 1. The number of nitrogens with zero attached hydrogens (tertiary/aromatic N) is 1. The summed E-state index contributed by atoms with van der Waals surface area (Å²) in [5.41, 5.74) is 2.31. The fourth-order valence-corrected chi connectivity index (χ4v) is 2.87. The third-order valence-electron chi connectivity index (χ3n) is 3.66. The SMILES string of the molecule is Cc1cc(C(=O)COc2ccc(F)c(F)c2)c(C)n1C(C)(C)C. The van der Waals surface area contributed by atoms with Crippen molar-refractivity contribution in [2.45, 2.75) is 40.2 Å². The highest BCUT2D eigenvalue weighted by Gasteiger charge is 2.22. The minimum absolute atomic E-state index is 0.127. The van der Waals surface area contributed by atoms with Gasteiger partial charge in [0, 0.05) is 28.6 Å². The van der Waals surface area contributed by atoms with Crippen LogP contribution in [0.3, 0.4) is 0 Å². The highest BCUT2D eigenvalue weighted by molar-refractivity contribution is 5.98. The summed E-state index contributed by atoms with van der Waals surface area (Å²) in [4.78, 5) is 12.4. The van der Waals surface area contributed by atoms with Gasteiger partial charge >= 0.3 is 0 Å². The zero-order valence-corrected chi connectivity index (χ0v) is 14.0. The number of Topliss-reactive ketones (excluding diaryl/α,β-unsaturated/α-hetero) is 1. The van der Waals surface area contributed by atoms with E-state index < -0.39 is 11.6 Å². The van der Waals surface area contributed by atoms with E-state index >= 15 is 0 Å². The molecule has 1 heterocycles. The molecule has 0 spiro atoms. The Balaban J connectivity index is 2.17. The number of carbonyl (C=O) groups excluding carboxylic acids is 1. The Kier molecular flexibility index (Phi) is 4.59. The number of carbonyl (C=O) groups is 1. The van der Waals surface area contributed by atoms with Gasteiger partial charge in [-0.15, -0.1) is 0 Å². The van der Waals surface area contributed by atoms with Crippen LogP contribution in [-0.2, 0) is 5.54 Å². The van der Waals surface area contributed by atoms with Gasteiger partial charge in [0.25, 0.3) is 0 Å². The van der Waals surface area contributed by atoms with E-state index in [1.165, 1.54) is 6.07 Å². The summed E-state index contributed by atoms with van der Waals surface area (Å²) in [5.74, 6) is -2.02. The maximum absolute atomic E-state index is 13.1. The number of rotatable bonds is 4. The maximum Gasteiger partial charge on any atom is 0.202 e. The smallest absolute Gasteiger partial charge is 0.202 e. The fourth-order valence-electron chi connectivity index (χ4n) is 2.87. The molecule has 0 atom stereocenters. The third kappa shape index (κ3) is 3.60. The Bertz CT molecular complexity index is 742. The first-order valence-corrected chi connectivity index (χ1v) is 7.41. The molecule has 1 aromatic carbocycles. The molecule has 0 amide bonds. The number of aromatic nitrogens is 1. The molecule has 0 unspecified atom stereocenters. The lowest BCUT2D eigenvalue weighted by Gasteiger charge is -2.25. The van der Waals surface area contributed by atoms with Crippen molar-refractivity contribution >= 4 is 5.78 Å². The second-order valence-electron chi connectivity index (χ2n) is 6.58. The average Bonchev–Trinajstić information content (AvgIpc) is 2.74. The van der Waals surface area contributed by atoms with Gasteiger partial charge in [0.1, 0.15) is 5.75 Å². The van der Waals surface area contributed by atoms with Crippen LogP contribution in [0.2, 0.25) is 0 Å². The van der Waals surface area contributed by atoms with Crippen LogP contribution in [-0.4, -0.2) is 17.0 Å². The molecule has 0 saturated carbocycles. The summed E-state index contributed by atoms with van der Waals surface area (Å²) < 4.78 is 33.4. The molecule has 3 nitrogen and oxygen atoms in total. The van der Waals surface area contributed by atoms with Crippen LogP contribution in [0.15, 0.2) is 24.3 Å². The van der Waals surface area contributed by atoms with Crippen molar-refractivity contribution in [2.24, 2.45) is 0 Å². The Hall–Kier alpha value is -2.17. The summed E-state index contributed by atoms with van der Waals surface area (Å²) >= 11 is 0. The molecule has 0 bridgehead atoms. The van der Waals surface area contributed by atoms with Crippen LogP contribution in [0.1, 0.15) is 42.5 Å². The van der Waals surface area contributed by atoms with Crippen LogP contribution < -0.4 is 4.74 Å². The molecule has 5 heteroatoms. The Morgan fingerprint density at radius 2 is 1.78 bits per heavy atom. The van der Waals surface area contributed by atoms with Crippen LogP contribution >= 0.6 is 0 Å². The number of hydrogen-bond donors (Lipinski definition) is 0. The Labute approximate surface area is 134 Å². The van der Waals surface area contributed by atoms with Crippen molar-refractivity contribution in [3.8, 4) is 5.75 Å². The van der Waals surface area contributed by atoms with Crippen molar-refractivity contribution in [1.29, 1.82) is 0 Å². The number of halogens is 2. The Morgan fingerprint density at radius 1 is 1.13 bits per heavy atom. The van der Waals surface area contributed by atoms with Gasteiger partial charge in [0.15, 0.2) is 18.2 Å². The maximum atomic E-state index is 13.1. The zero-order valence-electron chi connectivity index (χ0n) is 14.0. The quantitative estimate of drug-likeness (QED) is 0.782. The molecule has 1 aromatic heterocycles.